The number of para-hydroxylation sites is 1. The molecule has 0 atom stereocenters. The predicted molar refractivity (Wildman–Crippen MR) is 114 cm³/mol. The summed E-state index contributed by atoms with van der Waals surface area (Å²) in [5.41, 5.74) is 1.24. The third-order valence-electron chi connectivity index (χ3n) is 4.13. The lowest BCUT2D eigenvalue weighted by Crippen LogP contribution is -2.29. The summed E-state index contributed by atoms with van der Waals surface area (Å²) in [6.07, 6.45) is -0.137. The van der Waals surface area contributed by atoms with E-state index in [9.17, 15) is 22.9 Å². The van der Waals surface area contributed by atoms with Crippen LogP contribution in [0.4, 0.5) is 5.13 Å². The first-order valence-electron chi connectivity index (χ1n) is 8.53. The van der Waals surface area contributed by atoms with Crippen LogP contribution in [0.2, 0.25) is 5.02 Å². The Balaban J connectivity index is 2.09. The number of carbonyl (C=O) groups excluding carboxylic acids is 1. The van der Waals surface area contributed by atoms with Crippen LogP contribution < -0.4 is 4.31 Å². The second kappa shape index (κ2) is 9.00. The molecule has 0 aliphatic heterocycles. The summed E-state index contributed by atoms with van der Waals surface area (Å²) >= 11 is 6.85. The number of aromatic nitrogens is 1. The van der Waals surface area contributed by atoms with Crippen LogP contribution in [-0.4, -0.2) is 36.1 Å². The van der Waals surface area contributed by atoms with Gasteiger partial charge in [0, 0.05) is 21.0 Å². The van der Waals surface area contributed by atoms with Crippen LogP contribution in [0.5, 0.6) is 5.75 Å². The average Bonchev–Trinajstić information content (AvgIpc) is 3.10. The van der Waals surface area contributed by atoms with Crippen molar-refractivity contribution < 1.29 is 27.6 Å². The number of methoxy groups -OCH3 is 1. The van der Waals surface area contributed by atoms with E-state index in [0.717, 1.165) is 11.3 Å². The van der Waals surface area contributed by atoms with E-state index in [0.29, 0.717) is 25.5 Å². The smallest absolute Gasteiger partial charge is 0.362 e. The normalized spacial score (nSPS) is 11.3. The van der Waals surface area contributed by atoms with Crippen LogP contribution in [-0.2, 0) is 32.8 Å². The lowest BCUT2D eigenvalue weighted by Gasteiger charge is -2.18. The molecule has 3 aromatic rings. The van der Waals surface area contributed by atoms with E-state index in [2.05, 4.69) is 4.98 Å². The van der Waals surface area contributed by atoms with Gasteiger partial charge in [-0.15, -0.1) is 0 Å². The quantitative estimate of drug-likeness (QED) is 0.401. The molecule has 158 valence electrons. The van der Waals surface area contributed by atoms with Crippen molar-refractivity contribution in [2.24, 2.45) is 0 Å². The van der Waals surface area contributed by atoms with Crippen LogP contribution in [0.25, 0.3) is 11.3 Å². The topological polar surface area (TPSA) is 117 Å². The van der Waals surface area contributed by atoms with Crippen LogP contribution >= 0.6 is 22.9 Å². The number of esters is 1. The Morgan fingerprint density at radius 3 is 2.47 bits per heavy atom. The molecule has 0 spiro atoms. The highest BCUT2D eigenvalue weighted by Gasteiger charge is 2.27. The molecule has 0 unspecified atom stereocenters. The zero-order valence-corrected chi connectivity index (χ0v) is 18.0. The second-order valence-corrected chi connectivity index (χ2v) is 8.98. The number of hydrogen-bond donors (Lipinski definition) is 2. The van der Waals surface area contributed by atoms with Gasteiger partial charge in [0.15, 0.2) is 0 Å². The molecule has 0 fully saturated rings. The summed E-state index contributed by atoms with van der Waals surface area (Å²) in [6, 6.07) is 12.8. The fourth-order valence-electron chi connectivity index (χ4n) is 2.65. The van der Waals surface area contributed by atoms with Crippen LogP contribution in [0.1, 0.15) is 10.4 Å². The number of aromatic hydroxyl groups is 1. The van der Waals surface area contributed by atoms with Gasteiger partial charge in [-0.1, -0.05) is 53.3 Å². The first-order chi connectivity index (χ1) is 14.2. The van der Waals surface area contributed by atoms with Crippen molar-refractivity contribution in [1.82, 2.24) is 4.98 Å². The van der Waals surface area contributed by atoms with Crippen molar-refractivity contribution >= 4 is 44.3 Å². The van der Waals surface area contributed by atoms with Crippen LogP contribution in [0, 0.1) is 0 Å². The molecule has 0 aliphatic carbocycles. The van der Waals surface area contributed by atoms with Crippen molar-refractivity contribution in [1.29, 1.82) is 0 Å². The number of nitrogens with zero attached hydrogens (tertiary/aromatic N) is 2. The fraction of sp³-hybridized carbons (Fsp3) is 0.158. The largest absolute Gasteiger partial charge is 0.508 e. The third-order valence-corrected chi connectivity index (χ3v) is 6.44. The number of anilines is 1. The molecule has 0 amide bonds. The molecular formula is C19H17ClN2O6S2. The lowest BCUT2D eigenvalue weighted by molar-refractivity contribution is -0.139. The van der Waals surface area contributed by atoms with Gasteiger partial charge in [0.25, 0.3) is 0 Å². The summed E-state index contributed by atoms with van der Waals surface area (Å²) in [5, 5.41) is 10.4. The number of rotatable bonds is 7. The minimum absolute atomic E-state index is 0.0652. The minimum atomic E-state index is -4.73. The standard InChI is InChI=1S/C19H17ClN2O6S2/c1-28-17(24)10-16-18(12-6-8-14(20)9-7-12)21-19(29-16)22(30(25,26)27)11-13-4-2-3-5-15(13)23/h2-9,23H,10-11H2,1H3,(H,25,26,27). The Hall–Kier alpha value is -2.66. The van der Waals surface area contributed by atoms with Gasteiger partial charge >= 0.3 is 16.3 Å². The number of ether oxygens (including phenoxy) is 1. The highest BCUT2D eigenvalue weighted by Crippen LogP contribution is 2.36. The number of phenolic OH excluding ortho intramolecular Hbond substituents is 1. The van der Waals surface area contributed by atoms with Crippen molar-refractivity contribution in [3.05, 3.63) is 64.0 Å². The first kappa shape index (κ1) is 22.0. The van der Waals surface area contributed by atoms with E-state index in [4.69, 9.17) is 16.3 Å². The van der Waals surface area contributed by atoms with Gasteiger partial charge in [0.1, 0.15) is 5.75 Å². The molecule has 1 heterocycles. The van der Waals surface area contributed by atoms with Gasteiger partial charge in [-0.05, 0) is 18.2 Å². The van der Waals surface area contributed by atoms with E-state index >= 15 is 0 Å². The summed E-state index contributed by atoms with van der Waals surface area (Å²) in [6.45, 7) is -0.350. The molecule has 2 N–H and O–H groups in total. The van der Waals surface area contributed by atoms with Crippen molar-refractivity contribution in [2.75, 3.05) is 11.4 Å². The Morgan fingerprint density at radius 1 is 1.20 bits per heavy atom. The Kier molecular flexibility index (Phi) is 6.61. The minimum Gasteiger partial charge on any atom is -0.508 e. The summed E-state index contributed by atoms with van der Waals surface area (Å²) in [7, 11) is -3.48. The number of carbonyl (C=O) groups is 1. The molecule has 0 bridgehead atoms. The van der Waals surface area contributed by atoms with E-state index in [1.165, 1.54) is 19.2 Å². The summed E-state index contributed by atoms with van der Waals surface area (Å²) < 4.78 is 39.3. The Morgan fingerprint density at radius 2 is 1.87 bits per heavy atom. The summed E-state index contributed by atoms with van der Waals surface area (Å²) in [4.78, 5) is 16.7. The lowest BCUT2D eigenvalue weighted by atomic mass is 10.1. The van der Waals surface area contributed by atoms with Gasteiger partial charge < -0.3 is 9.84 Å². The fourth-order valence-corrected chi connectivity index (χ4v) is 4.68. The molecular weight excluding hydrogens is 452 g/mol. The number of phenols is 1. The van der Waals surface area contributed by atoms with Crippen molar-refractivity contribution in [3.63, 3.8) is 0 Å². The van der Waals surface area contributed by atoms with Crippen molar-refractivity contribution in [2.45, 2.75) is 13.0 Å². The molecule has 0 saturated carbocycles. The molecule has 1 aromatic heterocycles. The molecule has 3 rings (SSSR count). The van der Waals surface area contributed by atoms with Crippen LogP contribution in [0.3, 0.4) is 0 Å². The molecule has 0 saturated heterocycles. The number of benzene rings is 2. The highest BCUT2D eigenvalue weighted by atomic mass is 35.5. The maximum absolute atomic E-state index is 12.1. The van der Waals surface area contributed by atoms with Crippen LogP contribution in [0.15, 0.2) is 48.5 Å². The highest BCUT2D eigenvalue weighted by molar-refractivity contribution is 7.87. The molecule has 30 heavy (non-hydrogen) atoms. The maximum Gasteiger partial charge on any atom is 0.362 e. The van der Waals surface area contributed by atoms with Gasteiger partial charge in [0.05, 0.1) is 25.8 Å². The summed E-state index contributed by atoms with van der Waals surface area (Å²) in [5.74, 6) is -0.657. The van der Waals surface area contributed by atoms with Gasteiger partial charge in [0.2, 0.25) is 5.13 Å². The number of thiazole rings is 1. The first-order valence-corrected chi connectivity index (χ1v) is 11.1. The third kappa shape index (κ3) is 5.08. The van der Waals surface area contributed by atoms with E-state index in [1.807, 2.05) is 0 Å². The van der Waals surface area contributed by atoms with Gasteiger partial charge in [-0.25, -0.2) is 9.29 Å². The number of halogens is 1. The Labute approximate surface area is 182 Å². The van der Waals surface area contributed by atoms with E-state index in [-0.39, 0.29) is 29.4 Å². The molecule has 2 aromatic carbocycles. The van der Waals surface area contributed by atoms with Gasteiger partial charge in [-0.2, -0.15) is 8.42 Å². The average molecular weight is 469 g/mol. The monoisotopic (exact) mass is 468 g/mol. The van der Waals surface area contributed by atoms with E-state index < -0.39 is 16.3 Å². The zero-order valence-electron chi connectivity index (χ0n) is 15.6. The second-order valence-electron chi connectivity index (χ2n) is 6.14. The molecule has 8 nitrogen and oxygen atoms in total. The molecule has 0 aliphatic rings. The Bertz CT molecular complexity index is 1160. The zero-order chi connectivity index (χ0) is 21.9. The van der Waals surface area contributed by atoms with Gasteiger partial charge in [-0.3, -0.25) is 9.35 Å². The maximum atomic E-state index is 12.1. The SMILES string of the molecule is COC(=O)Cc1sc(N(Cc2ccccc2O)S(=O)(=O)O)nc1-c1ccc(Cl)cc1. The molecule has 0 radical (unpaired) electrons. The number of hydrogen-bond acceptors (Lipinski definition) is 7. The van der Waals surface area contributed by atoms with E-state index in [1.54, 1.807) is 36.4 Å². The predicted octanol–water partition coefficient (Wildman–Crippen LogP) is 3.69. The molecule has 11 heteroatoms. The van der Waals surface area contributed by atoms with Crippen molar-refractivity contribution in [3.8, 4) is 17.0 Å².